The van der Waals surface area contributed by atoms with Crippen LogP contribution < -0.4 is 5.32 Å². The van der Waals surface area contributed by atoms with Crippen molar-refractivity contribution < 1.29 is 4.79 Å². The van der Waals surface area contributed by atoms with Crippen molar-refractivity contribution in [3.8, 4) is 0 Å². The van der Waals surface area contributed by atoms with Crippen molar-refractivity contribution in [1.82, 2.24) is 15.1 Å². The molecule has 0 spiro atoms. The van der Waals surface area contributed by atoms with Crippen molar-refractivity contribution in [2.45, 2.75) is 38.3 Å². The Morgan fingerprint density at radius 3 is 2.41 bits per heavy atom. The summed E-state index contributed by atoms with van der Waals surface area (Å²) in [6.45, 7) is 5.45. The van der Waals surface area contributed by atoms with E-state index < -0.39 is 0 Å². The summed E-state index contributed by atoms with van der Waals surface area (Å²) < 4.78 is 0. The van der Waals surface area contributed by atoms with Crippen molar-refractivity contribution >= 4 is 5.91 Å². The first-order valence-electron chi connectivity index (χ1n) is 8.58. The lowest BCUT2D eigenvalue weighted by atomic mass is 10.2. The van der Waals surface area contributed by atoms with Gasteiger partial charge in [0.2, 0.25) is 5.91 Å². The molecule has 22 heavy (non-hydrogen) atoms. The SMILES string of the molecule is O=C(CN1CCN(C2CCCC2)CC1)NCc1ccccc1. The summed E-state index contributed by atoms with van der Waals surface area (Å²) in [5.74, 6) is 0.137. The summed E-state index contributed by atoms with van der Waals surface area (Å²) in [6, 6.07) is 10.9. The predicted octanol–water partition coefficient (Wildman–Crippen LogP) is 1.86. The fourth-order valence-corrected chi connectivity index (χ4v) is 3.61. The lowest BCUT2D eigenvalue weighted by Crippen LogP contribution is -2.51. The Balaban J connectivity index is 1.36. The van der Waals surface area contributed by atoms with Crippen LogP contribution in [0.15, 0.2) is 30.3 Å². The average molecular weight is 301 g/mol. The number of amides is 1. The second kappa shape index (κ2) is 7.75. The van der Waals surface area contributed by atoms with E-state index in [1.165, 1.54) is 25.7 Å². The molecule has 1 saturated carbocycles. The zero-order valence-corrected chi connectivity index (χ0v) is 13.3. The summed E-state index contributed by atoms with van der Waals surface area (Å²) in [5, 5.41) is 3.02. The van der Waals surface area contributed by atoms with E-state index in [4.69, 9.17) is 0 Å². The first kappa shape index (κ1) is 15.5. The van der Waals surface area contributed by atoms with Gasteiger partial charge < -0.3 is 5.32 Å². The predicted molar refractivity (Wildman–Crippen MR) is 88.6 cm³/mol. The minimum Gasteiger partial charge on any atom is -0.351 e. The molecule has 1 aromatic carbocycles. The van der Waals surface area contributed by atoms with Crippen LogP contribution in [0.5, 0.6) is 0 Å². The van der Waals surface area contributed by atoms with Gasteiger partial charge >= 0.3 is 0 Å². The number of carbonyl (C=O) groups is 1. The van der Waals surface area contributed by atoms with Crippen molar-refractivity contribution in [2.24, 2.45) is 0 Å². The Kier molecular flexibility index (Phi) is 5.46. The van der Waals surface area contributed by atoms with Crippen molar-refractivity contribution in [1.29, 1.82) is 0 Å². The lowest BCUT2D eigenvalue weighted by molar-refractivity contribution is -0.122. The van der Waals surface area contributed by atoms with Gasteiger partial charge in [0.15, 0.2) is 0 Å². The summed E-state index contributed by atoms with van der Waals surface area (Å²) in [6.07, 6.45) is 5.54. The minimum atomic E-state index is 0.137. The first-order valence-corrected chi connectivity index (χ1v) is 8.58. The van der Waals surface area contributed by atoms with Gasteiger partial charge in [0.05, 0.1) is 6.54 Å². The third kappa shape index (κ3) is 4.31. The van der Waals surface area contributed by atoms with Gasteiger partial charge in [0, 0.05) is 38.8 Å². The highest BCUT2D eigenvalue weighted by molar-refractivity contribution is 5.78. The maximum atomic E-state index is 12.1. The second-order valence-electron chi connectivity index (χ2n) is 6.51. The van der Waals surface area contributed by atoms with Crippen LogP contribution in [0.1, 0.15) is 31.2 Å². The Hall–Kier alpha value is -1.39. The van der Waals surface area contributed by atoms with Crippen LogP contribution in [0.3, 0.4) is 0 Å². The Morgan fingerprint density at radius 1 is 1.05 bits per heavy atom. The van der Waals surface area contributed by atoms with E-state index in [-0.39, 0.29) is 5.91 Å². The highest BCUT2D eigenvalue weighted by Gasteiger charge is 2.26. The van der Waals surface area contributed by atoms with Crippen molar-refractivity contribution in [3.63, 3.8) is 0 Å². The molecule has 1 amide bonds. The number of nitrogens with zero attached hydrogens (tertiary/aromatic N) is 2. The molecule has 4 nitrogen and oxygen atoms in total. The number of piperazine rings is 1. The largest absolute Gasteiger partial charge is 0.351 e. The van der Waals surface area contributed by atoms with Crippen LogP contribution in [0.25, 0.3) is 0 Å². The standard InChI is InChI=1S/C18H27N3O/c22-18(19-14-16-6-2-1-3-7-16)15-20-10-12-21(13-11-20)17-8-4-5-9-17/h1-3,6-7,17H,4-5,8-15H2,(H,19,22). The van der Waals surface area contributed by atoms with Gasteiger partial charge in [-0.3, -0.25) is 14.6 Å². The maximum absolute atomic E-state index is 12.1. The fraction of sp³-hybridized carbons (Fsp3) is 0.611. The van der Waals surface area contributed by atoms with Crippen molar-refractivity contribution in [2.75, 3.05) is 32.7 Å². The van der Waals surface area contributed by atoms with Crippen LogP contribution in [0.2, 0.25) is 0 Å². The molecule has 2 aliphatic rings. The van der Waals surface area contributed by atoms with Crippen LogP contribution >= 0.6 is 0 Å². The monoisotopic (exact) mass is 301 g/mol. The topological polar surface area (TPSA) is 35.6 Å². The summed E-state index contributed by atoms with van der Waals surface area (Å²) in [7, 11) is 0. The third-order valence-electron chi connectivity index (χ3n) is 4.95. The van der Waals surface area contributed by atoms with Crippen LogP contribution in [-0.2, 0) is 11.3 Å². The maximum Gasteiger partial charge on any atom is 0.234 e. The van der Waals surface area contributed by atoms with Gasteiger partial charge in [-0.05, 0) is 18.4 Å². The molecular weight excluding hydrogens is 274 g/mol. The van der Waals surface area contributed by atoms with E-state index in [1.54, 1.807) is 0 Å². The molecule has 0 atom stereocenters. The van der Waals surface area contributed by atoms with Gasteiger partial charge in [-0.25, -0.2) is 0 Å². The number of nitrogens with one attached hydrogen (secondary N) is 1. The van der Waals surface area contributed by atoms with E-state index in [0.29, 0.717) is 13.1 Å². The first-order chi connectivity index (χ1) is 10.8. The molecule has 1 saturated heterocycles. The zero-order valence-electron chi connectivity index (χ0n) is 13.3. The quantitative estimate of drug-likeness (QED) is 0.902. The third-order valence-corrected chi connectivity index (χ3v) is 4.95. The molecule has 1 N–H and O–H groups in total. The molecule has 1 heterocycles. The van der Waals surface area contributed by atoms with E-state index in [2.05, 4.69) is 15.1 Å². The molecule has 1 aromatic rings. The number of hydrogen-bond donors (Lipinski definition) is 1. The second-order valence-corrected chi connectivity index (χ2v) is 6.51. The molecule has 0 radical (unpaired) electrons. The molecule has 3 rings (SSSR count). The van der Waals surface area contributed by atoms with E-state index in [0.717, 1.165) is 37.8 Å². The summed E-state index contributed by atoms with van der Waals surface area (Å²) >= 11 is 0. The highest BCUT2D eigenvalue weighted by atomic mass is 16.2. The van der Waals surface area contributed by atoms with Gasteiger partial charge in [-0.1, -0.05) is 43.2 Å². The highest BCUT2D eigenvalue weighted by Crippen LogP contribution is 2.24. The lowest BCUT2D eigenvalue weighted by Gasteiger charge is -2.37. The summed E-state index contributed by atoms with van der Waals surface area (Å²) in [5.41, 5.74) is 1.15. The zero-order chi connectivity index (χ0) is 15.2. The Labute approximate surface area is 133 Å². The van der Waals surface area contributed by atoms with Gasteiger partial charge in [-0.15, -0.1) is 0 Å². The van der Waals surface area contributed by atoms with E-state index >= 15 is 0 Å². The fourth-order valence-electron chi connectivity index (χ4n) is 3.61. The molecule has 120 valence electrons. The molecule has 1 aliphatic heterocycles. The van der Waals surface area contributed by atoms with E-state index in [1.807, 2.05) is 30.3 Å². The Bertz CT molecular complexity index is 462. The average Bonchev–Trinajstić information content (AvgIpc) is 3.09. The molecule has 1 aliphatic carbocycles. The number of carbonyl (C=O) groups excluding carboxylic acids is 1. The van der Waals surface area contributed by atoms with Crippen LogP contribution in [0.4, 0.5) is 0 Å². The molecule has 4 heteroatoms. The van der Waals surface area contributed by atoms with E-state index in [9.17, 15) is 4.79 Å². The van der Waals surface area contributed by atoms with Gasteiger partial charge in [-0.2, -0.15) is 0 Å². The minimum absolute atomic E-state index is 0.137. The smallest absolute Gasteiger partial charge is 0.234 e. The number of hydrogen-bond acceptors (Lipinski definition) is 3. The molecule has 0 aromatic heterocycles. The summed E-state index contributed by atoms with van der Waals surface area (Å²) in [4.78, 5) is 17.0. The molecule has 0 unspecified atom stereocenters. The van der Waals surface area contributed by atoms with Gasteiger partial charge in [0.1, 0.15) is 0 Å². The van der Waals surface area contributed by atoms with Crippen LogP contribution in [-0.4, -0.2) is 54.5 Å². The van der Waals surface area contributed by atoms with Crippen molar-refractivity contribution in [3.05, 3.63) is 35.9 Å². The van der Waals surface area contributed by atoms with Crippen LogP contribution in [0, 0.1) is 0 Å². The molecule has 2 fully saturated rings. The Morgan fingerprint density at radius 2 is 1.73 bits per heavy atom. The molecular formula is C18H27N3O. The van der Waals surface area contributed by atoms with Gasteiger partial charge in [0.25, 0.3) is 0 Å². The number of benzene rings is 1. The normalized spacial score (nSPS) is 21.1. The molecule has 0 bridgehead atoms. The number of rotatable bonds is 5.